The van der Waals surface area contributed by atoms with Gasteiger partial charge >= 0.3 is 0 Å². The number of benzene rings is 1. The van der Waals surface area contributed by atoms with Gasteiger partial charge in [-0.05, 0) is 37.0 Å². The van der Waals surface area contributed by atoms with Crippen molar-refractivity contribution in [2.75, 3.05) is 24.6 Å². The van der Waals surface area contributed by atoms with Crippen molar-refractivity contribution < 1.29 is 9.50 Å². The molecule has 1 aliphatic carbocycles. The zero-order valence-electron chi connectivity index (χ0n) is 12.1. The fourth-order valence-corrected chi connectivity index (χ4v) is 3.83. The Morgan fingerprint density at radius 3 is 2.60 bits per heavy atom. The fourth-order valence-electron chi connectivity index (χ4n) is 3.83. The lowest BCUT2D eigenvalue weighted by Crippen LogP contribution is -2.39. The Balaban J connectivity index is 1.79. The molecular formula is C17H24FNO. The van der Waals surface area contributed by atoms with Crippen molar-refractivity contribution in [3.05, 3.63) is 29.6 Å². The van der Waals surface area contributed by atoms with Gasteiger partial charge < -0.3 is 10.0 Å². The van der Waals surface area contributed by atoms with Gasteiger partial charge in [-0.3, -0.25) is 0 Å². The van der Waals surface area contributed by atoms with Crippen LogP contribution in [-0.4, -0.2) is 24.8 Å². The molecule has 20 heavy (non-hydrogen) atoms. The number of anilines is 1. The third kappa shape index (κ3) is 2.69. The molecule has 0 saturated heterocycles. The molecule has 0 atom stereocenters. The lowest BCUT2D eigenvalue weighted by Gasteiger charge is -2.36. The van der Waals surface area contributed by atoms with Crippen LogP contribution in [0.5, 0.6) is 0 Å². The first-order valence-corrected chi connectivity index (χ1v) is 7.87. The summed E-state index contributed by atoms with van der Waals surface area (Å²) in [5.41, 5.74) is 2.31. The Hall–Kier alpha value is -1.09. The third-order valence-electron chi connectivity index (χ3n) is 5.06. The van der Waals surface area contributed by atoms with Crippen LogP contribution in [0, 0.1) is 11.2 Å². The van der Waals surface area contributed by atoms with Crippen molar-refractivity contribution in [1.29, 1.82) is 0 Å². The van der Waals surface area contributed by atoms with E-state index in [0.717, 1.165) is 38.0 Å². The second-order valence-corrected chi connectivity index (χ2v) is 6.52. The molecule has 3 heteroatoms. The van der Waals surface area contributed by atoms with Gasteiger partial charge in [0.25, 0.3) is 0 Å². The van der Waals surface area contributed by atoms with Gasteiger partial charge in [0.15, 0.2) is 0 Å². The number of rotatable bonds is 3. The summed E-state index contributed by atoms with van der Waals surface area (Å²) in [6.45, 7) is 2.09. The van der Waals surface area contributed by atoms with Crippen molar-refractivity contribution in [1.82, 2.24) is 0 Å². The summed E-state index contributed by atoms with van der Waals surface area (Å²) < 4.78 is 13.5. The first-order valence-electron chi connectivity index (χ1n) is 7.87. The number of halogens is 1. The van der Waals surface area contributed by atoms with E-state index in [0.29, 0.717) is 0 Å². The number of nitrogens with zero attached hydrogens (tertiary/aromatic N) is 1. The van der Waals surface area contributed by atoms with Crippen LogP contribution in [0.2, 0.25) is 0 Å². The maximum atomic E-state index is 13.5. The SMILES string of the molecule is OCC1(CN2CCc3ccc(F)cc32)CCCCCC1. The highest BCUT2D eigenvalue weighted by molar-refractivity contribution is 5.58. The quantitative estimate of drug-likeness (QED) is 0.855. The molecule has 3 rings (SSSR count). The van der Waals surface area contributed by atoms with Gasteiger partial charge in [-0.2, -0.15) is 0 Å². The van der Waals surface area contributed by atoms with E-state index in [1.807, 2.05) is 6.07 Å². The number of aliphatic hydroxyl groups excluding tert-OH is 1. The molecule has 1 aliphatic heterocycles. The average molecular weight is 277 g/mol. The van der Waals surface area contributed by atoms with E-state index in [-0.39, 0.29) is 17.8 Å². The molecule has 0 aromatic heterocycles. The van der Waals surface area contributed by atoms with Gasteiger partial charge in [0.1, 0.15) is 5.82 Å². The molecule has 0 spiro atoms. The lowest BCUT2D eigenvalue weighted by molar-refractivity contribution is 0.113. The minimum Gasteiger partial charge on any atom is -0.396 e. The predicted octanol–water partition coefficient (Wildman–Crippen LogP) is 3.52. The molecule has 2 nitrogen and oxygen atoms in total. The second-order valence-electron chi connectivity index (χ2n) is 6.52. The molecule has 0 unspecified atom stereocenters. The molecule has 1 aromatic carbocycles. The average Bonchev–Trinajstić information content (AvgIpc) is 2.70. The van der Waals surface area contributed by atoms with Crippen LogP contribution in [0.4, 0.5) is 10.1 Å². The van der Waals surface area contributed by atoms with Crippen LogP contribution < -0.4 is 4.90 Å². The van der Waals surface area contributed by atoms with Crippen molar-refractivity contribution in [3.8, 4) is 0 Å². The summed E-state index contributed by atoms with van der Waals surface area (Å²) in [6, 6.07) is 5.11. The molecule has 1 N–H and O–H groups in total. The van der Waals surface area contributed by atoms with E-state index in [2.05, 4.69) is 4.90 Å². The van der Waals surface area contributed by atoms with Gasteiger partial charge in [-0.15, -0.1) is 0 Å². The van der Waals surface area contributed by atoms with Crippen LogP contribution in [0.25, 0.3) is 0 Å². The lowest BCUT2D eigenvalue weighted by atomic mass is 9.80. The number of fused-ring (bicyclic) bond motifs is 1. The smallest absolute Gasteiger partial charge is 0.125 e. The first kappa shape index (κ1) is 13.9. The van der Waals surface area contributed by atoms with E-state index in [9.17, 15) is 9.50 Å². The van der Waals surface area contributed by atoms with Crippen molar-refractivity contribution in [2.24, 2.45) is 5.41 Å². The molecule has 1 heterocycles. The summed E-state index contributed by atoms with van der Waals surface area (Å²) >= 11 is 0. The van der Waals surface area contributed by atoms with Crippen molar-refractivity contribution >= 4 is 5.69 Å². The van der Waals surface area contributed by atoms with Crippen molar-refractivity contribution in [2.45, 2.75) is 44.9 Å². The summed E-state index contributed by atoms with van der Waals surface area (Å²) in [6.07, 6.45) is 8.20. The molecule has 2 aliphatic rings. The molecule has 1 fully saturated rings. The van der Waals surface area contributed by atoms with Gasteiger partial charge in [0, 0.05) is 24.2 Å². The highest BCUT2D eigenvalue weighted by Gasteiger charge is 2.34. The van der Waals surface area contributed by atoms with Gasteiger partial charge in [-0.1, -0.05) is 31.7 Å². The standard InChI is InChI=1S/C17H24FNO/c18-15-6-5-14-7-10-19(16(14)11-15)12-17(13-20)8-3-1-2-4-9-17/h5-6,11,20H,1-4,7-10,12-13H2. The third-order valence-corrected chi connectivity index (χ3v) is 5.06. The Morgan fingerprint density at radius 2 is 1.90 bits per heavy atom. The van der Waals surface area contributed by atoms with E-state index < -0.39 is 0 Å². The van der Waals surface area contributed by atoms with Gasteiger partial charge in [0.2, 0.25) is 0 Å². The molecular weight excluding hydrogens is 253 g/mol. The van der Waals surface area contributed by atoms with Crippen LogP contribution in [-0.2, 0) is 6.42 Å². The Labute approximate surface area is 120 Å². The molecule has 110 valence electrons. The second kappa shape index (κ2) is 5.72. The summed E-state index contributed by atoms with van der Waals surface area (Å²) in [5.74, 6) is -0.158. The zero-order chi connectivity index (χ0) is 14.0. The largest absolute Gasteiger partial charge is 0.396 e. The monoisotopic (exact) mass is 277 g/mol. The van der Waals surface area contributed by atoms with Crippen LogP contribution >= 0.6 is 0 Å². The Bertz CT molecular complexity index is 466. The van der Waals surface area contributed by atoms with Crippen LogP contribution in [0.1, 0.15) is 44.1 Å². The molecule has 1 saturated carbocycles. The van der Waals surface area contributed by atoms with Crippen LogP contribution in [0.3, 0.4) is 0 Å². The van der Waals surface area contributed by atoms with E-state index in [1.54, 1.807) is 12.1 Å². The summed E-state index contributed by atoms with van der Waals surface area (Å²) in [4.78, 5) is 2.29. The van der Waals surface area contributed by atoms with Gasteiger partial charge in [0.05, 0.1) is 6.61 Å². The predicted molar refractivity (Wildman–Crippen MR) is 79.5 cm³/mol. The van der Waals surface area contributed by atoms with E-state index in [4.69, 9.17) is 0 Å². The van der Waals surface area contributed by atoms with E-state index >= 15 is 0 Å². The molecule has 0 radical (unpaired) electrons. The summed E-state index contributed by atoms with van der Waals surface area (Å²) in [7, 11) is 0. The number of hydrogen-bond donors (Lipinski definition) is 1. The maximum absolute atomic E-state index is 13.5. The topological polar surface area (TPSA) is 23.5 Å². The first-order chi connectivity index (χ1) is 9.72. The molecule has 1 aromatic rings. The minimum atomic E-state index is -0.158. The van der Waals surface area contributed by atoms with Crippen LogP contribution in [0.15, 0.2) is 18.2 Å². The highest BCUT2D eigenvalue weighted by atomic mass is 19.1. The van der Waals surface area contributed by atoms with Crippen molar-refractivity contribution in [3.63, 3.8) is 0 Å². The maximum Gasteiger partial charge on any atom is 0.125 e. The minimum absolute atomic E-state index is 0.0183. The normalized spacial score (nSPS) is 21.6. The molecule has 0 bridgehead atoms. The zero-order valence-corrected chi connectivity index (χ0v) is 12.1. The number of hydrogen-bond acceptors (Lipinski definition) is 2. The Morgan fingerprint density at radius 1 is 1.15 bits per heavy atom. The van der Waals surface area contributed by atoms with E-state index in [1.165, 1.54) is 31.2 Å². The number of aliphatic hydroxyl groups is 1. The highest BCUT2D eigenvalue weighted by Crippen LogP contribution is 2.38. The van der Waals surface area contributed by atoms with Gasteiger partial charge in [-0.25, -0.2) is 4.39 Å². The summed E-state index contributed by atoms with van der Waals surface area (Å²) in [5, 5.41) is 9.93. The molecule has 0 amide bonds. The Kier molecular flexibility index (Phi) is 3.97. The fraction of sp³-hybridized carbons (Fsp3) is 0.647.